The average Bonchev–Trinajstić information content (AvgIpc) is 3.60. The van der Waals surface area contributed by atoms with Gasteiger partial charge < -0.3 is 13.2 Å². The Balaban J connectivity index is 1.24. The van der Waals surface area contributed by atoms with Crippen LogP contribution in [0.25, 0.3) is 71.9 Å². The van der Waals surface area contributed by atoms with Crippen LogP contribution < -0.4 is 0 Å². The normalized spacial score (nSPS) is 12.0. The molecule has 170 valence electrons. The Morgan fingerprint density at radius 2 is 1.25 bits per heavy atom. The van der Waals surface area contributed by atoms with Gasteiger partial charge in [-0.2, -0.15) is 0 Å². The standard InChI is InChI=1S/C32H20N2O2/c1-19-30(33-29-8-4-5-17-34(19)29)21-11-9-20(10-12-21)22-13-16-28-26(18-22)25-15-14-24-23-6-2-3-7-27(23)35-31(24)32(25)36-28/h2-18H,1H3. The van der Waals surface area contributed by atoms with Gasteiger partial charge in [0.15, 0.2) is 11.2 Å². The zero-order valence-electron chi connectivity index (χ0n) is 19.5. The SMILES string of the molecule is Cc1c(-c2ccc(-c3ccc4oc5c(ccc6c7ccccc7oc65)c4c3)cc2)nc2ccccn12. The first-order chi connectivity index (χ1) is 17.7. The van der Waals surface area contributed by atoms with E-state index in [4.69, 9.17) is 13.8 Å². The quantitative estimate of drug-likeness (QED) is 0.257. The van der Waals surface area contributed by atoms with Gasteiger partial charge in [0.2, 0.25) is 0 Å². The number of imidazole rings is 1. The van der Waals surface area contributed by atoms with E-state index in [1.165, 1.54) is 0 Å². The predicted molar refractivity (Wildman–Crippen MR) is 145 cm³/mol. The highest BCUT2D eigenvalue weighted by Gasteiger charge is 2.16. The fourth-order valence-corrected chi connectivity index (χ4v) is 5.41. The van der Waals surface area contributed by atoms with E-state index in [0.29, 0.717) is 0 Å². The van der Waals surface area contributed by atoms with Gasteiger partial charge in [0, 0.05) is 39.0 Å². The fourth-order valence-electron chi connectivity index (χ4n) is 5.41. The topological polar surface area (TPSA) is 43.6 Å². The summed E-state index contributed by atoms with van der Waals surface area (Å²) >= 11 is 0. The maximum atomic E-state index is 6.30. The molecule has 0 aliphatic rings. The molecular formula is C32H20N2O2. The van der Waals surface area contributed by atoms with Crippen molar-refractivity contribution in [3.05, 3.63) is 109 Å². The van der Waals surface area contributed by atoms with Crippen molar-refractivity contribution in [3.8, 4) is 22.4 Å². The molecule has 4 aromatic heterocycles. The van der Waals surface area contributed by atoms with E-state index in [1.807, 2.05) is 36.4 Å². The van der Waals surface area contributed by atoms with Crippen molar-refractivity contribution in [1.82, 2.24) is 9.38 Å². The number of rotatable bonds is 2. The molecule has 0 radical (unpaired) electrons. The van der Waals surface area contributed by atoms with Gasteiger partial charge in [-0.25, -0.2) is 4.98 Å². The summed E-state index contributed by atoms with van der Waals surface area (Å²) in [6.07, 6.45) is 2.05. The molecule has 0 aliphatic carbocycles. The van der Waals surface area contributed by atoms with E-state index in [-0.39, 0.29) is 0 Å². The van der Waals surface area contributed by atoms with Crippen molar-refractivity contribution >= 4 is 49.5 Å². The summed E-state index contributed by atoms with van der Waals surface area (Å²) in [4.78, 5) is 4.84. The second-order valence-corrected chi connectivity index (χ2v) is 9.28. The monoisotopic (exact) mass is 464 g/mol. The Hall–Kier alpha value is -4.83. The number of hydrogen-bond donors (Lipinski definition) is 0. The summed E-state index contributed by atoms with van der Waals surface area (Å²) in [7, 11) is 0. The molecule has 0 bridgehead atoms. The van der Waals surface area contributed by atoms with E-state index >= 15 is 0 Å². The van der Waals surface area contributed by atoms with Crippen LogP contribution in [0.2, 0.25) is 0 Å². The number of hydrogen-bond acceptors (Lipinski definition) is 3. The highest BCUT2D eigenvalue weighted by Crippen LogP contribution is 2.39. The number of fused-ring (bicyclic) bond motifs is 8. The minimum atomic E-state index is 0.800. The summed E-state index contributed by atoms with van der Waals surface area (Å²) in [5.41, 5.74) is 9.87. The fraction of sp³-hybridized carbons (Fsp3) is 0.0312. The molecule has 0 unspecified atom stereocenters. The summed E-state index contributed by atoms with van der Waals surface area (Å²) in [5.74, 6) is 0. The lowest BCUT2D eigenvalue weighted by molar-refractivity contribution is 0.633. The number of aryl methyl sites for hydroxylation is 1. The number of furan rings is 2. The van der Waals surface area contributed by atoms with Crippen molar-refractivity contribution in [2.45, 2.75) is 6.92 Å². The zero-order chi connectivity index (χ0) is 23.8. The van der Waals surface area contributed by atoms with Gasteiger partial charge in [0.05, 0.1) is 5.69 Å². The minimum Gasteiger partial charge on any atom is -0.452 e. The minimum absolute atomic E-state index is 0.800. The lowest BCUT2D eigenvalue weighted by atomic mass is 10.00. The molecule has 0 N–H and O–H groups in total. The van der Waals surface area contributed by atoms with Gasteiger partial charge in [0.25, 0.3) is 0 Å². The van der Waals surface area contributed by atoms with Gasteiger partial charge in [0.1, 0.15) is 16.8 Å². The molecule has 8 aromatic rings. The van der Waals surface area contributed by atoms with Crippen LogP contribution in [0, 0.1) is 6.92 Å². The Labute approximate surface area is 206 Å². The highest BCUT2D eigenvalue weighted by atomic mass is 16.4. The lowest BCUT2D eigenvalue weighted by Gasteiger charge is -2.05. The number of benzene rings is 4. The van der Waals surface area contributed by atoms with Crippen LogP contribution in [0.3, 0.4) is 0 Å². The molecule has 36 heavy (non-hydrogen) atoms. The average molecular weight is 465 g/mol. The molecule has 4 heterocycles. The van der Waals surface area contributed by atoms with Crippen molar-refractivity contribution in [2.24, 2.45) is 0 Å². The second kappa shape index (κ2) is 7.09. The molecule has 0 atom stereocenters. The van der Waals surface area contributed by atoms with Crippen molar-refractivity contribution in [2.75, 3.05) is 0 Å². The molecule has 0 spiro atoms. The maximum absolute atomic E-state index is 6.30. The Morgan fingerprint density at radius 1 is 0.583 bits per heavy atom. The van der Waals surface area contributed by atoms with Crippen LogP contribution in [-0.4, -0.2) is 9.38 Å². The molecule has 0 amide bonds. The van der Waals surface area contributed by atoms with Gasteiger partial charge in [-0.1, -0.05) is 54.6 Å². The van der Waals surface area contributed by atoms with Crippen LogP contribution >= 0.6 is 0 Å². The molecular weight excluding hydrogens is 444 g/mol. The van der Waals surface area contributed by atoms with Crippen molar-refractivity contribution in [3.63, 3.8) is 0 Å². The molecule has 4 heteroatoms. The molecule has 0 aliphatic heterocycles. The Kier molecular flexibility index (Phi) is 3.84. The van der Waals surface area contributed by atoms with E-state index in [9.17, 15) is 0 Å². The van der Waals surface area contributed by atoms with E-state index in [1.54, 1.807) is 0 Å². The third kappa shape index (κ3) is 2.67. The third-order valence-electron chi connectivity index (χ3n) is 7.24. The summed E-state index contributed by atoms with van der Waals surface area (Å²) in [6, 6.07) is 33.5. The molecule has 0 saturated carbocycles. The summed E-state index contributed by atoms with van der Waals surface area (Å²) in [5, 5.41) is 4.34. The van der Waals surface area contributed by atoms with E-state index in [2.05, 4.69) is 78.2 Å². The number of pyridine rings is 1. The van der Waals surface area contributed by atoms with E-state index < -0.39 is 0 Å². The van der Waals surface area contributed by atoms with Gasteiger partial charge in [-0.3, -0.25) is 0 Å². The van der Waals surface area contributed by atoms with Crippen LogP contribution in [0.15, 0.2) is 112 Å². The first kappa shape index (κ1) is 19.5. The van der Waals surface area contributed by atoms with Crippen LogP contribution in [0.4, 0.5) is 0 Å². The predicted octanol–water partition coefficient (Wildman–Crippen LogP) is 8.78. The molecule has 4 nitrogen and oxygen atoms in total. The van der Waals surface area contributed by atoms with Gasteiger partial charge in [-0.05, 0) is 60.5 Å². The van der Waals surface area contributed by atoms with Crippen LogP contribution in [0.5, 0.6) is 0 Å². The van der Waals surface area contributed by atoms with Gasteiger partial charge >= 0.3 is 0 Å². The van der Waals surface area contributed by atoms with E-state index in [0.717, 1.165) is 77.6 Å². The first-order valence-electron chi connectivity index (χ1n) is 12.1. The van der Waals surface area contributed by atoms with Crippen LogP contribution in [0.1, 0.15) is 5.69 Å². The lowest BCUT2D eigenvalue weighted by Crippen LogP contribution is -1.86. The van der Waals surface area contributed by atoms with Crippen molar-refractivity contribution < 1.29 is 8.83 Å². The van der Waals surface area contributed by atoms with Gasteiger partial charge in [-0.15, -0.1) is 0 Å². The molecule has 0 saturated heterocycles. The smallest absolute Gasteiger partial charge is 0.178 e. The number of nitrogens with zero attached hydrogens (tertiary/aromatic N) is 2. The maximum Gasteiger partial charge on any atom is 0.178 e. The summed E-state index contributed by atoms with van der Waals surface area (Å²) in [6.45, 7) is 2.11. The molecule has 0 fully saturated rings. The highest BCUT2D eigenvalue weighted by molar-refractivity contribution is 6.19. The third-order valence-corrected chi connectivity index (χ3v) is 7.24. The number of aromatic nitrogens is 2. The second-order valence-electron chi connectivity index (χ2n) is 9.28. The first-order valence-corrected chi connectivity index (χ1v) is 12.1. The molecule has 4 aromatic carbocycles. The Bertz CT molecular complexity index is 2110. The number of para-hydroxylation sites is 1. The largest absolute Gasteiger partial charge is 0.452 e. The Morgan fingerprint density at radius 3 is 2.06 bits per heavy atom. The van der Waals surface area contributed by atoms with Crippen LogP contribution in [-0.2, 0) is 0 Å². The molecule has 8 rings (SSSR count). The van der Waals surface area contributed by atoms with Crippen molar-refractivity contribution in [1.29, 1.82) is 0 Å². The zero-order valence-corrected chi connectivity index (χ0v) is 19.5. The summed E-state index contributed by atoms with van der Waals surface area (Å²) < 4.78 is 14.6.